The Morgan fingerprint density at radius 3 is 2.00 bits per heavy atom. The molecule has 0 N–H and O–H groups in total. The molecule has 0 heterocycles. The van der Waals surface area contributed by atoms with Crippen LogP contribution in [-0.4, -0.2) is 6.18 Å². The van der Waals surface area contributed by atoms with Crippen molar-refractivity contribution in [2.45, 2.75) is 6.18 Å². The lowest BCUT2D eigenvalue weighted by molar-refractivity contribution is -0.0683. The lowest BCUT2D eigenvalue weighted by atomic mass is 10.0. The summed E-state index contributed by atoms with van der Waals surface area (Å²) in [4.78, 5) is 0. The quantitative estimate of drug-likeness (QED) is 0.634. The van der Waals surface area contributed by atoms with Gasteiger partial charge in [-0.25, -0.2) is 0 Å². The van der Waals surface area contributed by atoms with Gasteiger partial charge in [0, 0.05) is 4.47 Å². The normalized spacial score (nSPS) is 12.5. The van der Waals surface area contributed by atoms with Crippen LogP contribution < -0.4 is 0 Å². The topological polar surface area (TPSA) is 0 Å². The van der Waals surface area contributed by atoms with Crippen molar-refractivity contribution in [3.8, 4) is 0 Å². The van der Waals surface area contributed by atoms with Crippen molar-refractivity contribution in [2.75, 3.05) is 0 Å². The van der Waals surface area contributed by atoms with Gasteiger partial charge in [0.15, 0.2) is 0 Å². The smallest absolute Gasteiger partial charge is 0.166 e. The minimum absolute atomic E-state index is 0.165. The molecule has 0 aromatic heterocycles. The summed E-state index contributed by atoms with van der Waals surface area (Å²) in [5.41, 5.74) is 0.0349. The molecule has 0 unspecified atom stereocenters. The van der Waals surface area contributed by atoms with Gasteiger partial charge in [0.1, 0.15) is 0 Å². The number of benzene rings is 2. The van der Waals surface area contributed by atoms with E-state index in [0.717, 1.165) is 10.5 Å². The largest absolute Gasteiger partial charge is 0.417 e. The first kappa shape index (κ1) is 13.9. The second-order valence-electron chi connectivity index (χ2n) is 3.97. The van der Waals surface area contributed by atoms with E-state index < -0.39 is 11.7 Å². The average molecular weight is 327 g/mol. The highest BCUT2D eigenvalue weighted by Gasteiger charge is 2.34. The third kappa shape index (κ3) is 3.70. The van der Waals surface area contributed by atoms with Crippen molar-refractivity contribution in [1.82, 2.24) is 0 Å². The molecule has 0 spiro atoms. The monoisotopic (exact) mass is 326 g/mol. The van der Waals surface area contributed by atoms with E-state index in [1.807, 2.05) is 0 Å². The third-order valence-corrected chi connectivity index (χ3v) is 3.10. The summed E-state index contributed by atoms with van der Waals surface area (Å²) in [7, 11) is 0. The van der Waals surface area contributed by atoms with Crippen LogP contribution in [0, 0.1) is 0 Å². The van der Waals surface area contributed by atoms with Crippen LogP contribution in [0.1, 0.15) is 11.1 Å². The van der Waals surface area contributed by atoms with Gasteiger partial charge < -0.3 is 0 Å². The van der Waals surface area contributed by atoms with Gasteiger partial charge >= 0.3 is 6.18 Å². The second-order valence-corrected chi connectivity index (χ2v) is 4.89. The first-order chi connectivity index (χ1) is 8.97. The molecule has 98 valence electrons. The van der Waals surface area contributed by atoms with Gasteiger partial charge in [-0.3, -0.25) is 0 Å². The van der Waals surface area contributed by atoms with Gasteiger partial charge in [-0.1, -0.05) is 58.4 Å². The molecule has 0 saturated heterocycles. The number of hydrogen-bond donors (Lipinski definition) is 0. The first-order valence-corrected chi connectivity index (χ1v) is 6.36. The second kappa shape index (κ2) is 5.61. The molecule has 0 aliphatic carbocycles. The van der Waals surface area contributed by atoms with Crippen molar-refractivity contribution in [3.63, 3.8) is 0 Å². The summed E-state index contributed by atoms with van der Waals surface area (Å²) in [5, 5.41) is 0. The van der Waals surface area contributed by atoms with Gasteiger partial charge in [-0.05, 0) is 29.3 Å². The van der Waals surface area contributed by atoms with Crippen LogP contribution in [0.3, 0.4) is 0 Å². The van der Waals surface area contributed by atoms with E-state index >= 15 is 0 Å². The molecule has 2 aromatic rings. The fraction of sp³-hybridized carbons (Fsp3) is 0.0667. The molecule has 4 heteroatoms. The lowest BCUT2D eigenvalue weighted by Crippen LogP contribution is -2.10. The molecular weight excluding hydrogens is 317 g/mol. The SMILES string of the molecule is FC(F)(F)/C(=C/c1ccc(Br)cc1)c1ccccc1. The number of allylic oxidation sites excluding steroid dienone is 1. The third-order valence-electron chi connectivity index (χ3n) is 2.57. The van der Waals surface area contributed by atoms with Crippen LogP contribution in [0.4, 0.5) is 13.2 Å². The highest BCUT2D eigenvalue weighted by atomic mass is 79.9. The summed E-state index contributed by atoms with van der Waals surface area (Å²) < 4.78 is 40.1. The van der Waals surface area contributed by atoms with Crippen LogP contribution in [0.25, 0.3) is 11.6 Å². The summed E-state index contributed by atoms with van der Waals surface area (Å²) >= 11 is 3.25. The van der Waals surface area contributed by atoms with Crippen molar-refractivity contribution in [1.29, 1.82) is 0 Å². The molecule has 0 amide bonds. The van der Waals surface area contributed by atoms with E-state index in [4.69, 9.17) is 0 Å². The molecule has 0 nitrogen and oxygen atoms in total. The molecule has 0 atom stereocenters. The minimum atomic E-state index is -4.38. The number of hydrogen-bond acceptors (Lipinski definition) is 0. The minimum Gasteiger partial charge on any atom is -0.166 e. The highest BCUT2D eigenvalue weighted by molar-refractivity contribution is 9.10. The van der Waals surface area contributed by atoms with E-state index in [0.29, 0.717) is 5.56 Å². The maximum atomic E-state index is 13.1. The van der Waals surface area contributed by atoms with Crippen LogP contribution >= 0.6 is 15.9 Å². The molecule has 0 saturated carbocycles. The van der Waals surface area contributed by atoms with E-state index in [1.165, 1.54) is 12.1 Å². The Kier molecular flexibility index (Phi) is 4.10. The van der Waals surface area contributed by atoms with E-state index in [-0.39, 0.29) is 5.56 Å². The zero-order valence-electron chi connectivity index (χ0n) is 9.79. The number of halogens is 4. The molecule has 0 radical (unpaired) electrons. The van der Waals surface area contributed by atoms with Gasteiger partial charge in [-0.2, -0.15) is 13.2 Å². The molecular formula is C15H10BrF3. The molecule has 2 aromatic carbocycles. The molecule has 2 rings (SSSR count). The summed E-state index contributed by atoms with van der Waals surface area (Å²) in [6.45, 7) is 0. The van der Waals surface area contributed by atoms with Gasteiger partial charge in [0.05, 0.1) is 5.57 Å². The predicted molar refractivity (Wildman–Crippen MR) is 74.5 cm³/mol. The van der Waals surface area contributed by atoms with E-state index in [2.05, 4.69) is 15.9 Å². The first-order valence-electron chi connectivity index (χ1n) is 5.57. The Morgan fingerprint density at radius 1 is 0.895 bits per heavy atom. The maximum absolute atomic E-state index is 13.1. The van der Waals surface area contributed by atoms with Crippen molar-refractivity contribution >= 4 is 27.6 Å². The van der Waals surface area contributed by atoms with Crippen LogP contribution in [0.2, 0.25) is 0 Å². The Hall–Kier alpha value is -1.55. The summed E-state index contributed by atoms with van der Waals surface area (Å²) in [6.07, 6.45) is -3.23. The number of alkyl halides is 3. The van der Waals surface area contributed by atoms with Crippen LogP contribution in [-0.2, 0) is 0 Å². The standard InChI is InChI=1S/C15H10BrF3/c16-13-8-6-11(7-9-13)10-14(15(17,18)19)12-4-2-1-3-5-12/h1-10H/b14-10+. The fourth-order valence-electron chi connectivity index (χ4n) is 1.67. The zero-order chi connectivity index (χ0) is 13.9. The Labute approximate surface area is 117 Å². The average Bonchev–Trinajstić information content (AvgIpc) is 2.37. The molecule has 0 aliphatic rings. The van der Waals surface area contributed by atoms with Gasteiger partial charge in [0.25, 0.3) is 0 Å². The van der Waals surface area contributed by atoms with Crippen LogP contribution in [0.15, 0.2) is 59.1 Å². The summed E-state index contributed by atoms with van der Waals surface area (Å²) in [6, 6.07) is 14.5. The summed E-state index contributed by atoms with van der Waals surface area (Å²) in [5.74, 6) is 0. The highest BCUT2D eigenvalue weighted by Crippen LogP contribution is 2.35. The fourth-order valence-corrected chi connectivity index (χ4v) is 1.94. The lowest BCUT2D eigenvalue weighted by Gasteiger charge is -2.12. The van der Waals surface area contributed by atoms with Crippen molar-refractivity contribution in [2.24, 2.45) is 0 Å². The zero-order valence-corrected chi connectivity index (χ0v) is 11.4. The molecule has 0 bridgehead atoms. The van der Waals surface area contributed by atoms with Crippen molar-refractivity contribution in [3.05, 3.63) is 70.2 Å². The predicted octanol–water partition coefficient (Wildman–Crippen LogP) is 5.55. The molecule has 0 aliphatic heterocycles. The van der Waals surface area contributed by atoms with Crippen LogP contribution in [0.5, 0.6) is 0 Å². The maximum Gasteiger partial charge on any atom is 0.417 e. The Morgan fingerprint density at radius 2 is 1.47 bits per heavy atom. The van der Waals surface area contributed by atoms with Crippen molar-refractivity contribution < 1.29 is 13.2 Å². The van der Waals surface area contributed by atoms with Gasteiger partial charge in [0.2, 0.25) is 0 Å². The van der Waals surface area contributed by atoms with E-state index in [1.54, 1.807) is 42.5 Å². The van der Waals surface area contributed by atoms with E-state index in [9.17, 15) is 13.2 Å². The Bertz CT molecular complexity index is 569. The Balaban J connectivity index is 2.47. The molecule has 0 fully saturated rings. The molecule has 19 heavy (non-hydrogen) atoms. The number of rotatable bonds is 2. The van der Waals surface area contributed by atoms with Gasteiger partial charge in [-0.15, -0.1) is 0 Å².